The van der Waals surface area contributed by atoms with E-state index < -0.39 is 0 Å². The van der Waals surface area contributed by atoms with Gasteiger partial charge in [-0.1, -0.05) is 25.1 Å². The van der Waals surface area contributed by atoms with E-state index in [1.807, 2.05) is 17.8 Å². The Kier molecular flexibility index (Phi) is 7.72. The quantitative estimate of drug-likeness (QED) is 0.539. The molecule has 0 bridgehead atoms. The van der Waals surface area contributed by atoms with Crippen LogP contribution in [0.25, 0.3) is 22.0 Å². The van der Waals surface area contributed by atoms with Crippen molar-refractivity contribution in [1.29, 1.82) is 0 Å². The molecule has 0 atom stereocenters. The van der Waals surface area contributed by atoms with Crippen LogP contribution in [0, 0.1) is 6.92 Å². The van der Waals surface area contributed by atoms with Crippen LogP contribution in [0.2, 0.25) is 0 Å². The van der Waals surface area contributed by atoms with E-state index in [9.17, 15) is 0 Å². The molecule has 1 aromatic heterocycles. The number of methoxy groups -OCH3 is 2. The van der Waals surface area contributed by atoms with Crippen molar-refractivity contribution in [1.82, 2.24) is 9.78 Å². The molecule has 3 rings (SSSR count). The van der Waals surface area contributed by atoms with Crippen LogP contribution in [-0.2, 0) is 11.8 Å². The maximum atomic E-state index is 5.35. The number of hydrogen-bond acceptors (Lipinski definition) is 4. The van der Waals surface area contributed by atoms with E-state index in [1.54, 1.807) is 14.2 Å². The largest absolute Gasteiger partial charge is 0.497 e. The van der Waals surface area contributed by atoms with Crippen molar-refractivity contribution in [3.05, 3.63) is 42.0 Å². The maximum absolute atomic E-state index is 5.35. The van der Waals surface area contributed by atoms with Gasteiger partial charge < -0.3 is 14.4 Å². The number of halogens is 1. The van der Waals surface area contributed by atoms with Crippen LogP contribution >= 0.6 is 12.4 Å². The summed E-state index contributed by atoms with van der Waals surface area (Å²) in [6.45, 7) is 6.84. The van der Waals surface area contributed by atoms with E-state index in [-0.39, 0.29) is 12.4 Å². The Hall–Kier alpha value is -2.24. The van der Waals surface area contributed by atoms with Gasteiger partial charge in [0.25, 0.3) is 0 Å². The molecule has 2 aromatic carbocycles. The van der Waals surface area contributed by atoms with E-state index in [0.717, 1.165) is 42.2 Å². The van der Waals surface area contributed by atoms with Crippen molar-refractivity contribution in [2.24, 2.45) is 7.05 Å². The molecule has 0 aliphatic heterocycles. The number of fused-ring (bicyclic) bond motifs is 1. The van der Waals surface area contributed by atoms with Crippen molar-refractivity contribution in [2.75, 3.05) is 38.8 Å². The van der Waals surface area contributed by atoms with Gasteiger partial charge in [-0.25, -0.2) is 0 Å². The van der Waals surface area contributed by atoms with Crippen LogP contribution < -0.4 is 9.64 Å². The van der Waals surface area contributed by atoms with Crippen LogP contribution in [-0.4, -0.2) is 43.7 Å². The first-order valence-electron chi connectivity index (χ1n) is 9.45. The number of rotatable bonds is 8. The second-order valence-electron chi connectivity index (χ2n) is 6.81. The normalized spacial score (nSPS) is 10.8. The molecule has 0 aliphatic rings. The third-order valence-corrected chi connectivity index (χ3v) is 4.92. The Morgan fingerprint density at radius 2 is 1.86 bits per heavy atom. The summed E-state index contributed by atoms with van der Waals surface area (Å²) in [5.74, 6) is 2.02. The van der Waals surface area contributed by atoms with Crippen molar-refractivity contribution >= 4 is 29.1 Å². The predicted molar refractivity (Wildman–Crippen MR) is 119 cm³/mol. The fourth-order valence-electron chi connectivity index (χ4n) is 3.66. The molecule has 0 saturated heterocycles. The van der Waals surface area contributed by atoms with Crippen LogP contribution in [0.4, 0.5) is 5.82 Å². The fraction of sp³-hybridized carbons (Fsp3) is 0.409. The Balaban J connectivity index is 0.00000280. The number of aryl methyl sites for hydroxylation is 2. The second kappa shape index (κ2) is 9.80. The van der Waals surface area contributed by atoms with Gasteiger partial charge in [-0.15, -0.1) is 12.4 Å². The number of benzene rings is 2. The molecule has 28 heavy (non-hydrogen) atoms. The van der Waals surface area contributed by atoms with Gasteiger partial charge in [-0.2, -0.15) is 5.10 Å². The zero-order valence-corrected chi connectivity index (χ0v) is 18.2. The maximum Gasteiger partial charge on any atom is 0.134 e. The molecule has 152 valence electrons. The monoisotopic (exact) mass is 403 g/mol. The van der Waals surface area contributed by atoms with Crippen molar-refractivity contribution < 1.29 is 9.47 Å². The topological polar surface area (TPSA) is 39.5 Å². The lowest BCUT2D eigenvalue weighted by atomic mass is 9.98. The van der Waals surface area contributed by atoms with Gasteiger partial charge in [0, 0.05) is 38.2 Å². The number of anilines is 1. The highest BCUT2D eigenvalue weighted by atomic mass is 35.5. The smallest absolute Gasteiger partial charge is 0.134 e. The lowest BCUT2D eigenvalue weighted by Gasteiger charge is -2.24. The molecule has 1 heterocycles. The molecule has 0 unspecified atom stereocenters. The second-order valence-corrected chi connectivity index (χ2v) is 6.81. The molecule has 6 heteroatoms. The molecule has 0 radical (unpaired) electrons. The third kappa shape index (κ3) is 4.26. The highest BCUT2D eigenvalue weighted by Crippen LogP contribution is 2.35. The summed E-state index contributed by atoms with van der Waals surface area (Å²) in [4.78, 5) is 2.36. The first kappa shape index (κ1) is 22.1. The Labute approximate surface area is 173 Å². The molecule has 0 N–H and O–H groups in total. The van der Waals surface area contributed by atoms with Crippen molar-refractivity contribution in [2.45, 2.75) is 20.3 Å². The minimum Gasteiger partial charge on any atom is -0.497 e. The molecular formula is C22H30ClN3O2. The first-order chi connectivity index (χ1) is 13.1. The molecule has 0 aliphatic carbocycles. The van der Waals surface area contributed by atoms with Gasteiger partial charge in [-0.3, -0.25) is 4.68 Å². The van der Waals surface area contributed by atoms with Gasteiger partial charge in [-0.05, 0) is 42.7 Å². The first-order valence-corrected chi connectivity index (χ1v) is 9.45. The summed E-state index contributed by atoms with van der Waals surface area (Å²) in [5.41, 5.74) is 4.54. The van der Waals surface area contributed by atoms with E-state index in [0.29, 0.717) is 6.61 Å². The third-order valence-electron chi connectivity index (χ3n) is 4.92. The molecule has 0 fully saturated rings. The lowest BCUT2D eigenvalue weighted by molar-refractivity contribution is 0.205. The minimum atomic E-state index is 0. The van der Waals surface area contributed by atoms with Gasteiger partial charge in [0.15, 0.2) is 0 Å². The number of nitrogens with zero attached hydrogens (tertiary/aromatic N) is 3. The fourth-order valence-corrected chi connectivity index (χ4v) is 3.66. The van der Waals surface area contributed by atoms with E-state index in [1.165, 1.54) is 16.5 Å². The summed E-state index contributed by atoms with van der Waals surface area (Å²) < 4.78 is 12.7. The SMILES string of the molecule is CCCN(CCOC)c1c2cccc(-c3ccc(OC)cc3C)c2nn1C.Cl. The number of ether oxygens (including phenoxy) is 2. The summed E-state index contributed by atoms with van der Waals surface area (Å²) in [5, 5.41) is 6.06. The van der Waals surface area contributed by atoms with Crippen LogP contribution in [0.3, 0.4) is 0 Å². The standard InChI is InChI=1S/C22H29N3O2.ClH/c1-6-12-25(13-14-26-4)22-20-9-7-8-19(21(20)23-24(22)3)18-11-10-17(27-5)15-16(18)2;/h7-11,15H,6,12-14H2,1-5H3;1H. The van der Waals surface area contributed by atoms with Crippen LogP contribution in [0.5, 0.6) is 5.75 Å². The molecule has 0 saturated carbocycles. The zero-order chi connectivity index (χ0) is 19.4. The van der Waals surface area contributed by atoms with E-state index >= 15 is 0 Å². The number of hydrogen-bond donors (Lipinski definition) is 0. The van der Waals surface area contributed by atoms with Gasteiger partial charge in [0.1, 0.15) is 17.1 Å². The molecule has 0 amide bonds. The summed E-state index contributed by atoms with van der Waals surface area (Å²) in [6, 6.07) is 12.6. The molecular weight excluding hydrogens is 374 g/mol. The summed E-state index contributed by atoms with van der Waals surface area (Å²) >= 11 is 0. The minimum absolute atomic E-state index is 0. The van der Waals surface area contributed by atoms with Crippen molar-refractivity contribution in [3.8, 4) is 16.9 Å². The predicted octanol–water partition coefficient (Wildman–Crippen LogP) is 4.84. The van der Waals surface area contributed by atoms with E-state index in [4.69, 9.17) is 14.6 Å². The highest BCUT2D eigenvalue weighted by molar-refractivity contribution is 6.00. The average molecular weight is 404 g/mol. The van der Waals surface area contributed by atoms with Gasteiger partial charge >= 0.3 is 0 Å². The van der Waals surface area contributed by atoms with Crippen LogP contribution in [0.1, 0.15) is 18.9 Å². The summed E-state index contributed by atoms with van der Waals surface area (Å²) in [6.07, 6.45) is 1.08. The lowest BCUT2D eigenvalue weighted by Crippen LogP contribution is -2.29. The number of aromatic nitrogens is 2. The Morgan fingerprint density at radius 1 is 1.07 bits per heavy atom. The Morgan fingerprint density at radius 3 is 2.50 bits per heavy atom. The average Bonchev–Trinajstić information content (AvgIpc) is 3.01. The van der Waals surface area contributed by atoms with Crippen molar-refractivity contribution in [3.63, 3.8) is 0 Å². The van der Waals surface area contributed by atoms with Gasteiger partial charge in [0.05, 0.1) is 13.7 Å². The molecule has 5 nitrogen and oxygen atoms in total. The van der Waals surface area contributed by atoms with Gasteiger partial charge in [0.2, 0.25) is 0 Å². The zero-order valence-electron chi connectivity index (χ0n) is 17.4. The molecule has 0 spiro atoms. The Bertz CT molecular complexity index is 924. The molecule has 3 aromatic rings. The summed E-state index contributed by atoms with van der Waals surface area (Å²) in [7, 11) is 5.47. The van der Waals surface area contributed by atoms with Crippen LogP contribution in [0.15, 0.2) is 36.4 Å². The highest BCUT2D eigenvalue weighted by Gasteiger charge is 2.18. The van der Waals surface area contributed by atoms with E-state index in [2.05, 4.69) is 49.1 Å².